The quantitative estimate of drug-likeness (QED) is 0.837. The number of fused-ring (bicyclic) bond motifs is 3. The van der Waals surface area contributed by atoms with Crippen molar-refractivity contribution in [3.05, 3.63) is 22.0 Å². The third-order valence-electron chi connectivity index (χ3n) is 3.98. The van der Waals surface area contributed by atoms with E-state index in [9.17, 15) is 0 Å². The first-order valence-corrected chi connectivity index (χ1v) is 7.82. The van der Waals surface area contributed by atoms with Crippen molar-refractivity contribution in [3.8, 4) is 6.07 Å². The Balaban J connectivity index is 2.22. The third kappa shape index (κ3) is 1.97. The van der Waals surface area contributed by atoms with Gasteiger partial charge in [-0.3, -0.25) is 4.40 Å². The van der Waals surface area contributed by atoms with Gasteiger partial charge in [0, 0.05) is 10.6 Å². The second-order valence-corrected chi connectivity index (χ2v) is 6.93. The number of aryl methyl sites for hydroxylation is 1. The molecule has 1 unspecified atom stereocenters. The molecule has 0 radical (unpaired) electrons. The minimum Gasteiger partial charge on any atom is -0.290 e. The Morgan fingerprint density at radius 2 is 2.32 bits per heavy atom. The van der Waals surface area contributed by atoms with Crippen molar-refractivity contribution in [2.24, 2.45) is 5.92 Å². The number of rotatable bonds is 2. The summed E-state index contributed by atoms with van der Waals surface area (Å²) in [4.78, 5) is 7.36. The molecule has 2 aromatic rings. The molecule has 0 bridgehead atoms. The van der Waals surface area contributed by atoms with E-state index < -0.39 is 0 Å². The molecule has 0 aliphatic heterocycles. The van der Waals surface area contributed by atoms with Crippen LogP contribution in [-0.2, 0) is 19.3 Å². The van der Waals surface area contributed by atoms with E-state index in [0.717, 1.165) is 28.7 Å². The zero-order valence-corrected chi connectivity index (χ0v) is 12.5. The van der Waals surface area contributed by atoms with Gasteiger partial charge in [0.1, 0.15) is 0 Å². The van der Waals surface area contributed by atoms with Gasteiger partial charge in [0.25, 0.3) is 0 Å². The summed E-state index contributed by atoms with van der Waals surface area (Å²) >= 11 is 1.82. The Hall–Kier alpha value is -1.34. The molecular formula is C15H19N3S. The van der Waals surface area contributed by atoms with Gasteiger partial charge in [-0.15, -0.1) is 11.3 Å². The zero-order chi connectivity index (χ0) is 13.6. The summed E-state index contributed by atoms with van der Waals surface area (Å²) in [6.07, 6.45) is 4.02. The lowest BCUT2D eigenvalue weighted by molar-refractivity contribution is 0.498. The van der Waals surface area contributed by atoms with Crippen molar-refractivity contribution >= 4 is 16.3 Å². The van der Waals surface area contributed by atoms with Crippen LogP contribution in [0.2, 0.25) is 0 Å². The summed E-state index contributed by atoms with van der Waals surface area (Å²) in [7, 11) is 0. The van der Waals surface area contributed by atoms with E-state index in [0.29, 0.717) is 12.3 Å². The predicted octanol–water partition coefficient (Wildman–Crippen LogP) is 3.71. The van der Waals surface area contributed by atoms with Gasteiger partial charge in [-0.05, 0) is 31.1 Å². The van der Waals surface area contributed by atoms with E-state index in [-0.39, 0.29) is 0 Å². The highest BCUT2D eigenvalue weighted by Gasteiger charge is 2.25. The van der Waals surface area contributed by atoms with Crippen LogP contribution >= 0.6 is 11.3 Å². The first kappa shape index (κ1) is 12.7. The molecule has 19 heavy (non-hydrogen) atoms. The van der Waals surface area contributed by atoms with Gasteiger partial charge in [-0.25, -0.2) is 4.98 Å². The first-order valence-electron chi connectivity index (χ1n) is 7.00. The van der Waals surface area contributed by atoms with Gasteiger partial charge in [-0.2, -0.15) is 5.26 Å². The molecule has 1 atom stereocenters. The van der Waals surface area contributed by atoms with Crippen LogP contribution in [-0.4, -0.2) is 9.38 Å². The molecule has 0 saturated heterocycles. The largest absolute Gasteiger partial charge is 0.290 e. The van der Waals surface area contributed by atoms with Gasteiger partial charge in [-0.1, -0.05) is 20.8 Å². The smallest absolute Gasteiger partial charge is 0.194 e. The van der Waals surface area contributed by atoms with E-state index in [4.69, 9.17) is 10.2 Å². The van der Waals surface area contributed by atoms with Crippen molar-refractivity contribution in [2.45, 2.75) is 52.4 Å². The maximum absolute atomic E-state index is 9.10. The molecule has 0 fully saturated rings. The molecular weight excluding hydrogens is 254 g/mol. The predicted molar refractivity (Wildman–Crippen MR) is 77.7 cm³/mol. The monoisotopic (exact) mass is 273 g/mol. The molecule has 2 heterocycles. The summed E-state index contributed by atoms with van der Waals surface area (Å²) in [6, 6.07) is 2.31. The average molecular weight is 273 g/mol. The number of thiazole rings is 1. The minimum absolute atomic E-state index is 0.383. The van der Waals surface area contributed by atoms with Crippen molar-refractivity contribution in [2.75, 3.05) is 0 Å². The van der Waals surface area contributed by atoms with Gasteiger partial charge in [0.15, 0.2) is 4.96 Å². The van der Waals surface area contributed by atoms with E-state index in [1.807, 2.05) is 11.3 Å². The SMILES string of the molecule is CC1CCc2c(sc3nc(C(C)C)c(CC#N)n23)C1. The van der Waals surface area contributed by atoms with E-state index in [1.54, 1.807) is 0 Å². The van der Waals surface area contributed by atoms with Crippen LogP contribution in [0.3, 0.4) is 0 Å². The van der Waals surface area contributed by atoms with Crippen LogP contribution in [0, 0.1) is 17.2 Å². The number of aromatic nitrogens is 2. The Bertz CT molecular complexity index is 657. The van der Waals surface area contributed by atoms with Crippen LogP contribution in [0.15, 0.2) is 0 Å². The second-order valence-electron chi connectivity index (χ2n) is 5.87. The molecule has 0 saturated carbocycles. The standard InChI is InChI=1S/C15H19N3S/c1-9(2)14-12(6-7-16)18-11-5-4-10(3)8-13(11)19-15(18)17-14/h9-10H,4-6,8H2,1-3H3. The highest BCUT2D eigenvalue weighted by atomic mass is 32.1. The maximum atomic E-state index is 9.10. The Kier molecular flexibility index (Phi) is 3.10. The Morgan fingerprint density at radius 3 is 3.00 bits per heavy atom. The lowest BCUT2D eigenvalue weighted by Gasteiger charge is -2.18. The lowest BCUT2D eigenvalue weighted by atomic mass is 9.93. The molecule has 100 valence electrons. The number of hydrogen-bond donors (Lipinski definition) is 0. The molecule has 3 nitrogen and oxygen atoms in total. The fourth-order valence-corrected chi connectivity index (χ4v) is 4.36. The molecule has 0 amide bonds. The number of imidazole rings is 1. The number of nitriles is 1. The van der Waals surface area contributed by atoms with E-state index >= 15 is 0 Å². The van der Waals surface area contributed by atoms with Crippen LogP contribution in [0.1, 0.15) is 55.1 Å². The fourth-order valence-electron chi connectivity index (χ4n) is 3.01. The summed E-state index contributed by atoms with van der Waals surface area (Å²) in [5, 5.41) is 9.10. The molecule has 1 aliphatic rings. The second kappa shape index (κ2) is 4.64. The Morgan fingerprint density at radius 1 is 1.53 bits per heavy atom. The van der Waals surface area contributed by atoms with E-state index in [2.05, 4.69) is 31.2 Å². The van der Waals surface area contributed by atoms with Crippen molar-refractivity contribution in [1.29, 1.82) is 5.26 Å². The zero-order valence-electron chi connectivity index (χ0n) is 11.7. The van der Waals surface area contributed by atoms with Crippen molar-refractivity contribution < 1.29 is 0 Å². The summed E-state index contributed by atoms with van der Waals surface area (Å²) in [5.74, 6) is 1.16. The minimum atomic E-state index is 0.383. The van der Waals surface area contributed by atoms with Crippen LogP contribution in [0.5, 0.6) is 0 Å². The molecule has 0 spiro atoms. The number of hydrogen-bond acceptors (Lipinski definition) is 3. The average Bonchev–Trinajstić information content (AvgIpc) is 2.86. The molecule has 0 aromatic carbocycles. The van der Waals surface area contributed by atoms with Gasteiger partial charge >= 0.3 is 0 Å². The molecule has 3 rings (SSSR count). The van der Waals surface area contributed by atoms with Gasteiger partial charge in [0.05, 0.1) is 23.9 Å². The molecule has 4 heteroatoms. The van der Waals surface area contributed by atoms with Gasteiger partial charge < -0.3 is 0 Å². The Labute approximate surface area is 117 Å². The molecule has 0 N–H and O–H groups in total. The third-order valence-corrected chi connectivity index (χ3v) is 5.09. The summed E-state index contributed by atoms with van der Waals surface area (Å²) in [5.41, 5.74) is 3.65. The first-order chi connectivity index (χ1) is 9.11. The van der Waals surface area contributed by atoms with Crippen LogP contribution < -0.4 is 0 Å². The normalized spacial score (nSPS) is 18.8. The fraction of sp³-hybridized carbons (Fsp3) is 0.600. The molecule has 2 aromatic heterocycles. The highest BCUT2D eigenvalue weighted by molar-refractivity contribution is 7.17. The van der Waals surface area contributed by atoms with Gasteiger partial charge in [0.2, 0.25) is 0 Å². The van der Waals surface area contributed by atoms with Crippen LogP contribution in [0.4, 0.5) is 0 Å². The number of nitrogens with zero attached hydrogens (tertiary/aromatic N) is 3. The topological polar surface area (TPSA) is 41.1 Å². The molecule has 1 aliphatic carbocycles. The highest BCUT2D eigenvalue weighted by Crippen LogP contribution is 2.35. The summed E-state index contributed by atoms with van der Waals surface area (Å²) < 4.78 is 2.28. The summed E-state index contributed by atoms with van der Waals surface area (Å²) in [6.45, 7) is 6.63. The lowest BCUT2D eigenvalue weighted by Crippen LogP contribution is -2.12. The van der Waals surface area contributed by atoms with Crippen molar-refractivity contribution in [3.63, 3.8) is 0 Å². The maximum Gasteiger partial charge on any atom is 0.194 e. The van der Waals surface area contributed by atoms with Crippen LogP contribution in [0.25, 0.3) is 4.96 Å². The van der Waals surface area contributed by atoms with E-state index in [1.165, 1.54) is 23.4 Å². The van der Waals surface area contributed by atoms with Crippen molar-refractivity contribution in [1.82, 2.24) is 9.38 Å².